The Morgan fingerprint density at radius 1 is 1.47 bits per heavy atom. The van der Waals surface area contributed by atoms with Gasteiger partial charge < -0.3 is 5.11 Å². The molecule has 0 fully saturated rings. The summed E-state index contributed by atoms with van der Waals surface area (Å²) >= 11 is 0. The molecule has 15 heavy (non-hydrogen) atoms. The summed E-state index contributed by atoms with van der Waals surface area (Å²) in [7, 11) is 1.18. The topological polar surface area (TPSA) is 60.8 Å². The van der Waals surface area contributed by atoms with Crippen LogP contribution in [0.15, 0.2) is 24.3 Å². The molecule has 5 heteroatoms. The summed E-state index contributed by atoms with van der Waals surface area (Å²) in [6, 6.07) is 5.19. The van der Waals surface area contributed by atoms with Crippen molar-refractivity contribution in [2.24, 2.45) is 0 Å². The molecule has 1 atom stereocenters. The highest BCUT2D eigenvalue weighted by molar-refractivity contribution is 5.75. The predicted octanol–water partition coefficient (Wildman–Crippen LogP) is 1.10. The highest BCUT2D eigenvalue weighted by Gasteiger charge is 2.15. The lowest BCUT2D eigenvalue weighted by atomic mass is 10.1. The van der Waals surface area contributed by atoms with Crippen LogP contribution in [-0.4, -0.2) is 28.3 Å². The molecule has 0 radical (unpaired) electrons. The van der Waals surface area contributed by atoms with Gasteiger partial charge in [0.1, 0.15) is 5.82 Å². The van der Waals surface area contributed by atoms with E-state index in [4.69, 9.17) is 5.21 Å². The summed E-state index contributed by atoms with van der Waals surface area (Å²) in [4.78, 5) is 11.0. The van der Waals surface area contributed by atoms with E-state index in [0.717, 1.165) is 0 Å². The third kappa shape index (κ3) is 3.30. The molecule has 1 aromatic rings. The lowest BCUT2D eigenvalue weighted by Crippen LogP contribution is -2.24. The first-order chi connectivity index (χ1) is 7.00. The van der Waals surface area contributed by atoms with Crippen molar-refractivity contribution in [3.63, 3.8) is 0 Å². The van der Waals surface area contributed by atoms with Crippen LogP contribution in [0.5, 0.6) is 0 Å². The number of benzene rings is 1. The maximum Gasteiger partial charge on any atom is 0.248 e. The zero-order valence-corrected chi connectivity index (χ0v) is 8.22. The van der Waals surface area contributed by atoms with Crippen molar-refractivity contribution in [3.8, 4) is 0 Å². The van der Waals surface area contributed by atoms with E-state index in [1.165, 1.54) is 31.3 Å². The molecule has 0 saturated heterocycles. The lowest BCUT2D eigenvalue weighted by molar-refractivity contribution is -0.161. The Hall–Kier alpha value is -1.46. The van der Waals surface area contributed by atoms with Gasteiger partial charge in [-0.3, -0.25) is 10.0 Å². The van der Waals surface area contributed by atoms with E-state index in [2.05, 4.69) is 0 Å². The highest BCUT2D eigenvalue weighted by Crippen LogP contribution is 2.17. The fourth-order valence-corrected chi connectivity index (χ4v) is 1.10. The Balaban J connectivity index is 2.65. The van der Waals surface area contributed by atoms with E-state index in [-0.39, 0.29) is 6.42 Å². The van der Waals surface area contributed by atoms with Crippen molar-refractivity contribution in [1.82, 2.24) is 5.06 Å². The fourth-order valence-electron chi connectivity index (χ4n) is 1.10. The molecule has 2 N–H and O–H groups in total. The summed E-state index contributed by atoms with van der Waals surface area (Å²) in [6.07, 6.45) is -1.27. The maximum atomic E-state index is 12.5. The number of halogens is 1. The first-order valence-corrected chi connectivity index (χ1v) is 4.39. The third-order valence-corrected chi connectivity index (χ3v) is 1.98. The molecule has 1 amide bonds. The second-order valence-corrected chi connectivity index (χ2v) is 3.19. The Kier molecular flexibility index (Phi) is 3.76. The minimum atomic E-state index is -1.03. The molecular weight excluding hydrogens is 201 g/mol. The van der Waals surface area contributed by atoms with E-state index in [9.17, 15) is 14.3 Å². The molecule has 82 valence electrons. The number of hydroxylamine groups is 2. The van der Waals surface area contributed by atoms with Crippen LogP contribution in [0.2, 0.25) is 0 Å². The van der Waals surface area contributed by atoms with E-state index in [0.29, 0.717) is 10.6 Å². The van der Waals surface area contributed by atoms with Crippen molar-refractivity contribution in [2.45, 2.75) is 12.5 Å². The van der Waals surface area contributed by atoms with Crippen molar-refractivity contribution in [3.05, 3.63) is 35.6 Å². The summed E-state index contributed by atoms with van der Waals surface area (Å²) in [5.74, 6) is -1.01. The zero-order chi connectivity index (χ0) is 11.4. The van der Waals surface area contributed by atoms with Gasteiger partial charge in [-0.15, -0.1) is 0 Å². The molecule has 0 spiro atoms. The number of hydrogen-bond donors (Lipinski definition) is 2. The molecule has 0 heterocycles. The Morgan fingerprint density at radius 2 is 2.00 bits per heavy atom. The molecular formula is C10H12FNO3. The largest absolute Gasteiger partial charge is 0.388 e. The molecule has 0 aliphatic heterocycles. The summed E-state index contributed by atoms with van der Waals surface area (Å²) in [5, 5.41) is 18.7. The monoisotopic (exact) mass is 213 g/mol. The number of carbonyl (C=O) groups is 1. The molecule has 0 aliphatic rings. The van der Waals surface area contributed by atoms with Crippen molar-refractivity contribution in [1.29, 1.82) is 0 Å². The Bertz CT molecular complexity index is 337. The predicted molar refractivity (Wildman–Crippen MR) is 50.5 cm³/mol. The minimum absolute atomic E-state index is 0.237. The van der Waals surface area contributed by atoms with Crippen molar-refractivity contribution >= 4 is 5.91 Å². The van der Waals surface area contributed by atoms with Gasteiger partial charge >= 0.3 is 0 Å². The maximum absolute atomic E-state index is 12.5. The van der Waals surface area contributed by atoms with Gasteiger partial charge in [-0.05, 0) is 17.7 Å². The number of hydrogen-bond acceptors (Lipinski definition) is 3. The summed E-state index contributed by atoms with van der Waals surface area (Å²) < 4.78 is 12.5. The molecule has 0 aliphatic carbocycles. The fraction of sp³-hybridized carbons (Fsp3) is 0.300. The molecule has 1 rings (SSSR count). The highest BCUT2D eigenvalue weighted by atomic mass is 19.1. The van der Waals surface area contributed by atoms with Gasteiger partial charge in [-0.1, -0.05) is 12.1 Å². The third-order valence-electron chi connectivity index (χ3n) is 1.98. The molecule has 4 nitrogen and oxygen atoms in total. The van der Waals surface area contributed by atoms with Crippen LogP contribution >= 0.6 is 0 Å². The van der Waals surface area contributed by atoms with Gasteiger partial charge in [0.25, 0.3) is 0 Å². The molecule has 1 aromatic carbocycles. The first kappa shape index (κ1) is 11.6. The average molecular weight is 213 g/mol. The van der Waals surface area contributed by atoms with Crippen molar-refractivity contribution < 1.29 is 19.5 Å². The summed E-state index contributed by atoms with van der Waals surface area (Å²) in [5.41, 5.74) is 0.437. The SMILES string of the molecule is CN(O)C(=O)CC(O)c1ccc(F)cc1. The van der Waals surface area contributed by atoms with Crippen LogP contribution in [0.25, 0.3) is 0 Å². The van der Waals surface area contributed by atoms with Crippen LogP contribution in [0, 0.1) is 5.82 Å². The van der Waals surface area contributed by atoms with E-state index >= 15 is 0 Å². The van der Waals surface area contributed by atoms with E-state index in [1.807, 2.05) is 0 Å². The van der Waals surface area contributed by atoms with Crippen LogP contribution in [0.3, 0.4) is 0 Å². The zero-order valence-electron chi connectivity index (χ0n) is 8.22. The van der Waals surface area contributed by atoms with Gasteiger partial charge in [-0.2, -0.15) is 0 Å². The normalized spacial score (nSPS) is 12.3. The quantitative estimate of drug-likeness (QED) is 0.583. The van der Waals surface area contributed by atoms with Gasteiger partial charge in [0.15, 0.2) is 0 Å². The number of nitrogens with zero attached hydrogens (tertiary/aromatic N) is 1. The molecule has 0 aromatic heterocycles. The van der Waals surface area contributed by atoms with Crippen molar-refractivity contribution in [2.75, 3.05) is 7.05 Å². The van der Waals surface area contributed by atoms with Crippen LogP contribution in [0.1, 0.15) is 18.1 Å². The average Bonchev–Trinajstić information content (AvgIpc) is 2.18. The lowest BCUT2D eigenvalue weighted by Gasteiger charge is -2.13. The van der Waals surface area contributed by atoms with Gasteiger partial charge in [0.2, 0.25) is 5.91 Å². The molecule has 0 bridgehead atoms. The van der Waals surface area contributed by atoms with E-state index in [1.54, 1.807) is 0 Å². The van der Waals surface area contributed by atoms with Gasteiger partial charge in [0.05, 0.1) is 12.5 Å². The number of carbonyl (C=O) groups excluding carboxylic acids is 1. The van der Waals surface area contributed by atoms with Gasteiger partial charge in [0, 0.05) is 7.05 Å². The van der Waals surface area contributed by atoms with E-state index < -0.39 is 17.8 Å². The Labute approximate surface area is 86.5 Å². The van der Waals surface area contributed by atoms with Crippen LogP contribution in [-0.2, 0) is 4.79 Å². The summed E-state index contributed by atoms with van der Waals surface area (Å²) in [6.45, 7) is 0. The number of rotatable bonds is 3. The second-order valence-electron chi connectivity index (χ2n) is 3.19. The second kappa shape index (κ2) is 4.86. The number of aliphatic hydroxyl groups excluding tert-OH is 1. The standard InChI is InChI=1S/C10H12FNO3/c1-12(15)10(14)6-9(13)7-2-4-8(11)5-3-7/h2-5,9,13,15H,6H2,1H3. The number of aliphatic hydroxyl groups is 1. The first-order valence-electron chi connectivity index (χ1n) is 4.39. The smallest absolute Gasteiger partial charge is 0.248 e. The molecule has 0 saturated carbocycles. The molecule has 1 unspecified atom stereocenters. The Morgan fingerprint density at radius 3 is 2.47 bits per heavy atom. The van der Waals surface area contributed by atoms with Crippen LogP contribution < -0.4 is 0 Å². The number of amides is 1. The van der Waals surface area contributed by atoms with Gasteiger partial charge in [-0.25, -0.2) is 9.45 Å². The van der Waals surface area contributed by atoms with Crippen LogP contribution in [0.4, 0.5) is 4.39 Å². The minimum Gasteiger partial charge on any atom is -0.388 e.